The molecule has 1 atom stereocenters. The molecule has 1 aliphatic rings. The highest BCUT2D eigenvalue weighted by molar-refractivity contribution is 5.80. The zero-order valence-corrected chi connectivity index (χ0v) is 14.2. The number of hydrogen-bond acceptors (Lipinski definition) is 5. The summed E-state index contributed by atoms with van der Waals surface area (Å²) in [6.45, 7) is 6.22. The summed E-state index contributed by atoms with van der Waals surface area (Å²) in [5.41, 5.74) is 2.94. The lowest BCUT2D eigenvalue weighted by Gasteiger charge is -2.32. The van der Waals surface area contributed by atoms with E-state index in [1.54, 1.807) is 4.90 Å². The molecule has 0 aliphatic carbocycles. The van der Waals surface area contributed by atoms with Crippen molar-refractivity contribution in [3.63, 3.8) is 0 Å². The minimum absolute atomic E-state index is 0.0551. The number of hydrogen-bond donors (Lipinski definition) is 3. The third-order valence-electron chi connectivity index (χ3n) is 4.39. The zero-order chi connectivity index (χ0) is 17.0. The molecular formula is C17H27N3O3. The van der Waals surface area contributed by atoms with Crippen LogP contribution in [-0.4, -0.2) is 42.2 Å². The quantitative estimate of drug-likeness (QED) is 0.683. The molecule has 0 bridgehead atoms. The molecule has 2 rings (SSSR count). The molecule has 0 amide bonds. The Morgan fingerprint density at radius 1 is 1.39 bits per heavy atom. The Hall–Kier alpha value is -1.95. The molecule has 0 saturated carbocycles. The number of aliphatic hydroxyl groups is 1. The average Bonchev–Trinajstić information content (AvgIpc) is 2.75. The number of carbonyl (C=O) groups is 1. The molecule has 1 aromatic rings. The molecule has 1 aromatic carbocycles. The van der Waals surface area contributed by atoms with Crippen molar-refractivity contribution in [1.82, 2.24) is 0 Å². The van der Waals surface area contributed by atoms with E-state index < -0.39 is 11.8 Å². The summed E-state index contributed by atoms with van der Waals surface area (Å²) in [5.74, 6) is -2.06. The Labute approximate surface area is 137 Å². The molecule has 1 unspecified atom stereocenters. The second kappa shape index (κ2) is 7.08. The first-order valence-electron chi connectivity index (χ1n) is 8.26. The first-order valence-corrected chi connectivity index (χ1v) is 8.26. The minimum atomic E-state index is -1.22. The summed E-state index contributed by atoms with van der Waals surface area (Å²) < 4.78 is 0. The van der Waals surface area contributed by atoms with Gasteiger partial charge in [0.05, 0.1) is 11.4 Å². The first-order chi connectivity index (χ1) is 10.9. The van der Waals surface area contributed by atoms with Crippen molar-refractivity contribution in [3.05, 3.63) is 18.2 Å². The molecule has 0 fully saturated rings. The van der Waals surface area contributed by atoms with Crippen LogP contribution in [0, 0.1) is 0 Å². The van der Waals surface area contributed by atoms with E-state index in [0.29, 0.717) is 12.8 Å². The maximum absolute atomic E-state index is 10.8. The lowest BCUT2D eigenvalue weighted by molar-refractivity contribution is -0.137. The van der Waals surface area contributed by atoms with Gasteiger partial charge in [-0.1, -0.05) is 6.92 Å². The molecule has 128 valence electrons. The summed E-state index contributed by atoms with van der Waals surface area (Å²) in [6, 6.07) is 6.13. The van der Waals surface area contributed by atoms with Gasteiger partial charge in [-0.2, -0.15) is 0 Å². The van der Waals surface area contributed by atoms with Gasteiger partial charge in [-0.25, -0.2) is 0 Å². The Kier molecular flexibility index (Phi) is 5.36. The fraction of sp³-hybridized carbons (Fsp3) is 0.588. The number of benzene rings is 1. The van der Waals surface area contributed by atoms with Crippen LogP contribution in [0.2, 0.25) is 0 Å². The zero-order valence-electron chi connectivity index (χ0n) is 14.2. The standard InChI is InChI=1S/C17H27N3O3/c1-4-11-20(5-2)13-8-9-15-14(12-13)18-17(23,19(15)3)10-6-7-16(21)22/h8-9,12,18,23H,4-7,10-11H2,1-3H3,(H,21,22). The molecule has 0 spiro atoms. The van der Waals surface area contributed by atoms with E-state index in [-0.39, 0.29) is 6.42 Å². The van der Waals surface area contributed by atoms with Gasteiger partial charge in [0.15, 0.2) is 0 Å². The van der Waals surface area contributed by atoms with Gasteiger partial charge in [0.2, 0.25) is 5.85 Å². The van der Waals surface area contributed by atoms with Crippen molar-refractivity contribution >= 4 is 23.0 Å². The van der Waals surface area contributed by atoms with Gasteiger partial charge in [0.1, 0.15) is 0 Å². The van der Waals surface area contributed by atoms with Crippen molar-refractivity contribution < 1.29 is 15.0 Å². The topological polar surface area (TPSA) is 76.0 Å². The summed E-state index contributed by atoms with van der Waals surface area (Å²) in [4.78, 5) is 14.7. The van der Waals surface area contributed by atoms with Gasteiger partial charge in [-0.05, 0) is 38.0 Å². The fourth-order valence-electron chi connectivity index (χ4n) is 3.07. The molecule has 1 heterocycles. The van der Waals surface area contributed by atoms with Crippen molar-refractivity contribution in [2.24, 2.45) is 0 Å². The third-order valence-corrected chi connectivity index (χ3v) is 4.39. The van der Waals surface area contributed by atoms with Gasteiger partial charge in [-0.3, -0.25) is 4.79 Å². The van der Waals surface area contributed by atoms with Gasteiger partial charge in [-0.15, -0.1) is 0 Å². The number of fused-ring (bicyclic) bond motifs is 1. The molecule has 0 radical (unpaired) electrons. The number of rotatable bonds is 8. The molecule has 3 N–H and O–H groups in total. The Morgan fingerprint density at radius 3 is 2.74 bits per heavy atom. The Balaban J connectivity index is 2.15. The van der Waals surface area contributed by atoms with E-state index in [1.165, 1.54) is 0 Å². The number of nitrogens with zero attached hydrogens (tertiary/aromatic N) is 2. The number of anilines is 3. The van der Waals surface area contributed by atoms with Gasteiger partial charge >= 0.3 is 5.97 Å². The molecule has 23 heavy (non-hydrogen) atoms. The Bertz CT molecular complexity index is 564. The van der Waals surface area contributed by atoms with Crippen LogP contribution in [0.3, 0.4) is 0 Å². The maximum Gasteiger partial charge on any atom is 0.303 e. The highest BCUT2D eigenvalue weighted by Crippen LogP contribution is 2.41. The molecular weight excluding hydrogens is 294 g/mol. The van der Waals surface area contributed by atoms with E-state index in [2.05, 4.69) is 36.2 Å². The molecule has 1 aliphatic heterocycles. The predicted octanol–water partition coefficient (Wildman–Crippen LogP) is 2.69. The Morgan fingerprint density at radius 2 is 2.13 bits per heavy atom. The van der Waals surface area contributed by atoms with Crippen LogP contribution in [0.1, 0.15) is 39.5 Å². The fourth-order valence-corrected chi connectivity index (χ4v) is 3.07. The minimum Gasteiger partial charge on any atom is -0.481 e. The van der Waals surface area contributed by atoms with Crippen LogP contribution < -0.4 is 15.1 Å². The summed E-state index contributed by atoms with van der Waals surface area (Å²) in [7, 11) is 1.82. The van der Waals surface area contributed by atoms with E-state index >= 15 is 0 Å². The van der Waals surface area contributed by atoms with Crippen LogP contribution in [0.15, 0.2) is 18.2 Å². The lowest BCUT2D eigenvalue weighted by atomic mass is 10.1. The smallest absolute Gasteiger partial charge is 0.303 e. The van der Waals surface area contributed by atoms with E-state index in [1.807, 2.05) is 13.1 Å². The second-order valence-corrected chi connectivity index (χ2v) is 6.03. The normalized spacial score (nSPS) is 19.4. The maximum atomic E-state index is 10.8. The highest BCUT2D eigenvalue weighted by Gasteiger charge is 2.39. The van der Waals surface area contributed by atoms with Crippen LogP contribution in [0.4, 0.5) is 17.1 Å². The summed E-state index contributed by atoms with van der Waals surface area (Å²) in [6.07, 6.45) is 1.91. The summed E-state index contributed by atoms with van der Waals surface area (Å²) >= 11 is 0. The third kappa shape index (κ3) is 3.69. The van der Waals surface area contributed by atoms with Crippen molar-refractivity contribution in [2.75, 3.05) is 35.3 Å². The van der Waals surface area contributed by atoms with Crippen LogP contribution in [0.25, 0.3) is 0 Å². The van der Waals surface area contributed by atoms with E-state index in [9.17, 15) is 9.90 Å². The van der Waals surface area contributed by atoms with Crippen LogP contribution in [0.5, 0.6) is 0 Å². The molecule has 0 saturated heterocycles. The van der Waals surface area contributed by atoms with E-state index in [4.69, 9.17) is 5.11 Å². The highest BCUT2D eigenvalue weighted by atomic mass is 16.4. The van der Waals surface area contributed by atoms with E-state index in [0.717, 1.165) is 36.6 Å². The van der Waals surface area contributed by atoms with Gasteiger partial charge in [0, 0.05) is 38.7 Å². The van der Waals surface area contributed by atoms with Crippen LogP contribution in [-0.2, 0) is 4.79 Å². The van der Waals surface area contributed by atoms with Crippen LogP contribution >= 0.6 is 0 Å². The summed E-state index contributed by atoms with van der Waals surface area (Å²) in [5, 5.41) is 22.7. The van der Waals surface area contributed by atoms with Gasteiger partial charge < -0.3 is 25.3 Å². The predicted molar refractivity (Wildman–Crippen MR) is 93.1 cm³/mol. The first kappa shape index (κ1) is 17.4. The van der Waals surface area contributed by atoms with Gasteiger partial charge in [0.25, 0.3) is 0 Å². The van der Waals surface area contributed by atoms with Crippen molar-refractivity contribution in [2.45, 2.75) is 45.4 Å². The number of carboxylic acids is 1. The number of nitrogens with one attached hydrogen (secondary N) is 1. The van der Waals surface area contributed by atoms with Crippen molar-refractivity contribution in [1.29, 1.82) is 0 Å². The average molecular weight is 321 g/mol. The monoisotopic (exact) mass is 321 g/mol. The second-order valence-electron chi connectivity index (χ2n) is 6.03. The SMILES string of the molecule is CCCN(CC)c1ccc2c(c1)NC(O)(CCCC(=O)O)N2C. The molecule has 6 nitrogen and oxygen atoms in total. The number of aliphatic carboxylic acids is 1. The number of carboxylic acid groups (broad SMARTS) is 1. The molecule has 6 heteroatoms. The lowest BCUT2D eigenvalue weighted by Crippen LogP contribution is -2.48. The molecule has 0 aromatic heterocycles. The van der Waals surface area contributed by atoms with Crippen molar-refractivity contribution in [3.8, 4) is 0 Å². The largest absolute Gasteiger partial charge is 0.481 e.